The molecule has 22 heavy (non-hydrogen) atoms. The van der Waals surface area contributed by atoms with Gasteiger partial charge in [-0.25, -0.2) is 0 Å². The van der Waals surface area contributed by atoms with Gasteiger partial charge in [0, 0.05) is 18.2 Å². The number of nitrogens with zero attached hydrogens (tertiary/aromatic N) is 1. The Morgan fingerprint density at radius 2 is 1.73 bits per heavy atom. The summed E-state index contributed by atoms with van der Waals surface area (Å²) in [4.78, 5) is 9.76. The van der Waals surface area contributed by atoms with Crippen molar-refractivity contribution in [3.63, 3.8) is 0 Å². The summed E-state index contributed by atoms with van der Waals surface area (Å²) in [5, 5.41) is 19.5. The first-order valence-electron chi connectivity index (χ1n) is 5.70. The van der Waals surface area contributed by atoms with Gasteiger partial charge in [0.25, 0.3) is 0 Å². The highest BCUT2D eigenvalue weighted by atomic mass is 35.5. The van der Waals surface area contributed by atoms with Crippen LogP contribution in [0.5, 0.6) is 17.2 Å². The second kappa shape index (κ2) is 5.72. The number of halogens is 4. The van der Waals surface area contributed by atoms with Crippen LogP contribution in [0, 0.1) is 10.1 Å². The first-order valence-corrected chi connectivity index (χ1v) is 6.08. The van der Waals surface area contributed by atoms with Gasteiger partial charge in [-0.1, -0.05) is 11.6 Å². The number of nitro benzene ring substituents is 1. The molecule has 2 rings (SSSR count). The lowest BCUT2D eigenvalue weighted by Gasteiger charge is -2.11. The molecule has 1 N–H and O–H groups in total. The number of nitro groups is 1. The van der Waals surface area contributed by atoms with Crippen LogP contribution in [0.15, 0.2) is 36.4 Å². The minimum Gasteiger partial charge on any atom is -0.502 e. The van der Waals surface area contributed by atoms with Crippen LogP contribution in [0.25, 0.3) is 0 Å². The molecule has 0 unspecified atom stereocenters. The average molecular weight is 334 g/mol. The predicted molar refractivity (Wildman–Crippen MR) is 71.3 cm³/mol. The van der Waals surface area contributed by atoms with Crippen molar-refractivity contribution in [3.8, 4) is 17.2 Å². The fourth-order valence-electron chi connectivity index (χ4n) is 1.65. The van der Waals surface area contributed by atoms with Gasteiger partial charge in [0.2, 0.25) is 0 Å². The highest BCUT2D eigenvalue weighted by Crippen LogP contribution is 2.38. The summed E-state index contributed by atoms with van der Waals surface area (Å²) in [5.74, 6) is -0.620. The minimum atomic E-state index is -4.58. The third-order valence-electron chi connectivity index (χ3n) is 2.63. The van der Waals surface area contributed by atoms with E-state index in [2.05, 4.69) is 0 Å². The summed E-state index contributed by atoms with van der Waals surface area (Å²) in [5.41, 5.74) is -1.52. The molecule has 0 radical (unpaired) electrons. The van der Waals surface area contributed by atoms with Crippen molar-refractivity contribution in [3.05, 3.63) is 57.1 Å². The molecule has 0 saturated heterocycles. The van der Waals surface area contributed by atoms with E-state index >= 15 is 0 Å². The molecule has 9 heteroatoms. The summed E-state index contributed by atoms with van der Waals surface area (Å²) >= 11 is 5.54. The Labute approximate surface area is 126 Å². The number of aromatic hydroxyl groups is 1. The SMILES string of the molecule is O=[N+]([O-])c1ccc(Oc2ccc(C(F)(F)F)c(Cl)c2)cc1O. The first-order chi connectivity index (χ1) is 10.2. The molecule has 0 aliphatic carbocycles. The van der Waals surface area contributed by atoms with Crippen molar-refractivity contribution in [1.29, 1.82) is 0 Å². The predicted octanol–water partition coefficient (Wildman–Crippen LogP) is 4.76. The maximum atomic E-state index is 12.6. The molecule has 2 aromatic rings. The van der Waals surface area contributed by atoms with Gasteiger partial charge in [-0.3, -0.25) is 10.1 Å². The summed E-state index contributed by atoms with van der Waals surface area (Å²) in [6.45, 7) is 0. The maximum Gasteiger partial charge on any atom is 0.417 e. The average Bonchev–Trinajstić information content (AvgIpc) is 2.36. The minimum absolute atomic E-state index is 0.00810. The molecule has 116 valence electrons. The Kier molecular flexibility index (Phi) is 4.14. The molecule has 0 atom stereocenters. The van der Waals surface area contributed by atoms with Crippen LogP contribution in [0.2, 0.25) is 5.02 Å². The molecule has 0 bridgehead atoms. The monoisotopic (exact) mass is 333 g/mol. The van der Waals surface area contributed by atoms with Gasteiger partial charge in [0.05, 0.1) is 15.5 Å². The molecular weight excluding hydrogens is 327 g/mol. The van der Waals surface area contributed by atoms with Crippen LogP contribution in [-0.2, 0) is 6.18 Å². The molecule has 0 saturated carbocycles. The van der Waals surface area contributed by atoms with Gasteiger partial charge in [0.15, 0.2) is 5.75 Å². The molecule has 0 heterocycles. The van der Waals surface area contributed by atoms with E-state index in [0.717, 1.165) is 30.3 Å². The van der Waals surface area contributed by atoms with Gasteiger partial charge >= 0.3 is 11.9 Å². The van der Waals surface area contributed by atoms with Crippen molar-refractivity contribution in [2.24, 2.45) is 0 Å². The Morgan fingerprint density at radius 3 is 2.23 bits per heavy atom. The van der Waals surface area contributed by atoms with Gasteiger partial charge < -0.3 is 9.84 Å². The standard InChI is InChI=1S/C13H7ClF3NO4/c14-10-5-7(1-3-9(10)13(15,16)17)22-8-2-4-11(18(20)21)12(19)6-8/h1-6,19H. The highest BCUT2D eigenvalue weighted by Gasteiger charge is 2.33. The number of phenolic OH excluding ortho intramolecular Hbond substituents is 1. The Balaban J connectivity index is 2.27. The number of rotatable bonds is 3. The zero-order valence-electron chi connectivity index (χ0n) is 10.6. The topological polar surface area (TPSA) is 72.6 Å². The molecule has 2 aromatic carbocycles. The van der Waals surface area contributed by atoms with E-state index < -0.39 is 33.1 Å². The molecule has 0 fully saturated rings. The van der Waals surface area contributed by atoms with E-state index in [1.807, 2.05) is 0 Å². The highest BCUT2D eigenvalue weighted by molar-refractivity contribution is 6.31. The van der Waals surface area contributed by atoms with E-state index in [0.29, 0.717) is 0 Å². The lowest BCUT2D eigenvalue weighted by molar-refractivity contribution is -0.385. The van der Waals surface area contributed by atoms with Crippen LogP contribution in [-0.4, -0.2) is 10.0 Å². The van der Waals surface area contributed by atoms with Gasteiger partial charge in [0.1, 0.15) is 11.5 Å². The van der Waals surface area contributed by atoms with Gasteiger partial charge in [-0.2, -0.15) is 13.2 Å². The lowest BCUT2D eigenvalue weighted by Crippen LogP contribution is -2.05. The maximum absolute atomic E-state index is 12.6. The van der Waals surface area contributed by atoms with Crippen LogP contribution < -0.4 is 4.74 Å². The Bertz CT molecular complexity index is 734. The van der Waals surface area contributed by atoms with Crippen molar-refractivity contribution in [2.45, 2.75) is 6.18 Å². The van der Waals surface area contributed by atoms with Crippen LogP contribution in [0.4, 0.5) is 18.9 Å². The zero-order chi connectivity index (χ0) is 16.5. The smallest absolute Gasteiger partial charge is 0.417 e. The molecule has 0 spiro atoms. The van der Waals surface area contributed by atoms with Crippen LogP contribution in [0.3, 0.4) is 0 Å². The second-order valence-corrected chi connectivity index (χ2v) is 4.56. The zero-order valence-corrected chi connectivity index (χ0v) is 11.4. The number of alkyl halides is 3. The fraction of sp³-hybridized carbons (Fsp3) is 0.0769. The molecular formula is C13H7ClF3NO4. The van der Waals surface area contributed by atoms with Gasteiger partial charge in [-0.05, 0) is 18.2 Å². The van der Waals surface area contributed by atoms with E-state index in [9.17, 15) is 28.4 Å². The second-order valence-electron chi connectivity index (χ2n) is 4.15. The van der Waals surface area contributed by atoms with Crippen molar-refractivity contribution in [1.82, 2.24) is 0 Å². The molecule has 0 aliphatic rings. The molecule has 0 amide bonds. The Hall–Kier alpha value is -2.48. The van der Waals surface area contributed by atoms with Crippen molar-refractivity contribution < 1.29 is 27.9 Å². The summed E-state index contributed by atoms with van der Waals surface area (Å²) < 4.78 is 42.9. The number of ether oxygens (including phenoxy) is 1. The first kappa shape index (κ1) is 15.9. The molecule has 0 aromatic heterocycles. The van der Waals surface area contributed by atoms with E-state index in [4.69, 9.17) is 16.3 Å². The molecule has 5 nitrogen and oxygen atoms in total. The lowest BCUT2D eigenvalue weighted by atomic mass is 10.2. The summed E-state index contributed by atoms with van der Waals surface area (Å²) in [7, 11) is 0. The van der Waals surface area contributed by atoms with E-state index in [1.165, 1.54) is 6.07 Å². The number of phenols is 1. The number of hydrogen-bond donors (Lipinski definition) is 1. The fourth-order valence-corrected chi connectivity index (χ4v) is 1.92. The quantitative estimate of drug-likeness (QED) is 0.649. The van der Waals surface area contributed by atoms with Crippen LogP contribution >= 0.6 is 11.6 Å². The van der Waals surface area contributed by atoms with E-state index in [-0.39, 0.29) is 11.5 Å². The van der Waals surface area contributed by atoms with Crippen molar-refractivity contribution >= 4 is 17.3 Å². The third kappa shape index (κ3) is 3.40. The van der Waals surface area contributed by atoms with Gasteiger partial charge in [-0.15, -0.1) is 0 Å². The largest absolute Gasteiger partial charge is 0.502 e. The van der Waals surface area contributed by atoms with E-state index in [1.54, 1.807) is 0 Å². The Morgan fingerprint density at radius 1 is 1.14 bits per heavy atom. The summed E-state index contributed by atoms with van der Waals surface area (Å²) in [6.07, 6.45) is -4.58. The third-order valence-corrected chi connectivity index (χ3v) is 2.94. The normalized spacial score (nSPS) is 11.3. The number of benzene rings is 2. The summed E-state index contributed by atoms with van der Waals surface area (Å²) in [6, 6.07) is 5.95. The van der Waals surface area contributed by atoms with Crippen LogP contribution in [0.1, 0.15) is 5.56 Å². The van der Waals surface area contributed by atoms with Crippen molar-refractivity contribution in [2.75, 3.05) is 0 Å². The number of hydrogen-bond acceptors (Lipinski definition) is 4. The molecule has 0 aliphatic heterocycles.